The maximum absolute atomic E-state index is 11.9. The van der Waals surface area contributed by atoms with E-state index in [2.05, 4.69) is 54.5 Å². The Morgan fingerprint density at radius 3 is 2.41 bits per heavy atom. The molecule has 4 rings (SSSR count). The Balaban J connectivity index is 1.72. The zero-order chi connectivity index (χ0) is 27.9. The summed E-state index contributed by atoms with van der Waals surface area (Å²) in [6.07, 6.45) is 5.04. The molecule has 0 aliphatic carbocycles. The van der Waals surface area contributed by atoms with E-state index >= 15 is 0 Å². The van der Waals surface area contributed by atoms with Crippen molar-refractivity contribution in [3.63, 3.8) is 0 Å². The first-order chi connectivity index (χ1) is 18.8. The van der Waals surface area contributed by atoms with Crippen LogP contribution in [0.25, 0.3) is 22.2 Å². The van der Waals surface area contributed by atoms with Crippen molar-refractivity contribution < 1.29 is 14.7 Å². The quantitative estimate of drug-likeness (QED) is 0.202. The van der Waals surface area contributed by atoms with Crippen molar-refractivity contribution >= 4 is 28.6 Å². The van der Waals surface area contributed by atoms with Gasteiger partial charge in [-0.25, -0.2) is 9.78 Å². The summed E-state index contributed by atoms with van der Waals surface area (Å²) in [4.78, 5) is 30.7. The Bertz CT molecular complexity index is 1460. The Hall–Kier alpha value is -4.13. The zero-order valence-electron chi connectivity index (χ0n) is 23.1. The van der Waals surface area contributed by atoms with Crippen LogP contribution in [0.4, 0.5) is 5.69 Å². The van der Waals surface area contributed by atoms with Crippen molar-refractivity contribution in [2.75, 3.05) is 18.0 Å². The lowest BCUT2D eigenvalue weighted by atomic mass is 9.99. The van der Waals surface area contributed by atoms with Crippen LogP contribution in [-0.4, -0.2) is 39.6 Å². The molecule has 7 nitrogen and oxygen atoms in total. The SMILES string of the molecule is CCCCCN(CC(N)=O)c1cc(C)c2nc(CCC)n(Cc3ccc(-c4ccccc4C(=O)O)cc3)c2c1. The monoisotopic (exact) mass is 526 g/mol. The van der Waals surface area contributed by atoms with Gasteiger partial charge in [0.25, 0.3) is 0 Å². The minimum atomic E-state index is -0.935. The van der Waals surface area contributed by atoms with Crippen molar-refractivity contribution in [1.82, 2.24) is 9.55 Å². The van der Waals surface area contributed by atoms with Gasteiger partial charge >= 0.3 is 5.97 Å². The van der Waals surface area contributed by atoms with Crippen molar-refractivity contribution in [1.29, 1.82) is 0 Å². The number of carbonyl (C=O) groups is 2. The summed E-state index contributed by atoms with van der Waals surface area (Å²) in [7, 11) is 0. The molecule has 0 unspecified atom stereocenters. The summed E-state index contributed by atoms with van der Waals surface area (Å²) >= 11 is 0. The molecule has 0 bridgehead atoms. The molecule has 0 radical (unpaired) electrons. The number of aryl methyl sites for hydroxylation is 2. The van der Waals surface area contributed by atoms with Gasteiger partial charge in [-0.05, 0) is 60.2 Å². The Labute approximate surface area is 230 Å². The standard InChI is InChI=1S/C32H38N4O3/c1-4-6-9-17-35(21-29(33)37)25-18-22(3)31-28(19-25)36(30(34-31)10-5-2)20-23-13-15-24(16-14-23)26-11-7-8-12-27(26)32(38)39/h7-8,11-16,18-19H,4-6,9-10,17,20-21H2,1-3H3,(H2,33,37)(H,38,39). The highest BCUT2D eigenvalue weighted by Crippen LogP contribution is 2.29. The third kappa shape index (κ3) is 6.48. The van der Waals surface area contributed by atoms with Gasteiger partial charge in [0, 0.05) is 25.2 Å². The molecule has 3 aromatic carbocycles. The second-order valence-corrected chi connectivity index (χ2v) is 10.1. The Kier molecular flexibility index (Phi) is 9.02. The van der Waals surface area contributed by atoms with Crippen molar-refractivity contribution in [3.05, 3.63) is 83.2 Å². The van der Waals surface area contributed by atoms with Crippen LogP contribution in [0, 0.1) is 6.92 Å². The molecule has 1 amide bonds. The number of hydrogen-bond acceptors (Lipinski definition) is 4. The molecule has 0 aliphatic rings. The van der Waals surface area contributed by atoms with E-state index < -0.39 is 5.97 Å². The van der Waals surface area contributed by atoms with Gasteiger partial charge in [-0.2, -0.15) is 0 Å². The summed E-state index contributed by atoms with van der Waals surface area (Å²) in [5.41, 5.74) is 12.6. The third-order valence-corrected chi connectivity index (χ3v) is 7.09. The number of unbranched alkanes of at least 4 members (excludes halogenated alkanes) is 2. The predicted molar refractivity (Wildman–Crippen MR) is 157 cm³/mol. The second kappa shape index (κ2) is 12.6. The zero-order valence-corrected chi connectivity index (χ0v) is 23.1. The van der Waals surface area contributed by atoms with Crippen LogP contribution in [0.2, 0.25) is 0 Å². The van der Waals surface area contributed by atoms with Gasteiger partial charge in [0.05, 0.1) is 23.1 Å². The van der Waals surface area contributed by atoms with Crippen molar-refractivity contribution in [2.24, 2.45) is 5.73 Å². The molecule has 0 fully saturated rings. The molecule has 0 spiro atoms. The fraction of sp³-hybridized carbons (Fsp3) is 0.344. The number of carboxylic acids is 1. The number of aromatic nitrogens is 2. The fourth-order valence-corrected chi connectivity index (χ4v) is 5.13. The number of imidazole rings is 1. The number of rotatable bonds is 13. The van der Waals surface area contributed by atoms with Crippen LogP contribution < -0.4 is 10.6 Å². The Morgan fingerprint density at radius 1 is 1.00 bits per heavy atom. The first kappa shape index (κ1) is 27.9. The van der Waals surface area contributed by atoms with Crippen LogP contribution in [0.3, 0.4) is 0 Å². The van der Waals surface area contributed by atoms with Gasteiger partial charge < -0.3 is 20.3 Å². The van der Waals surface area contributed by atoms with Gasteiger partial charge in [0.2, 0.25) is 5.91 Å². The summed E-state index contributed by atoms with van der Waals surface area (Å²) < 4.78 is 2.27. The van der Waals surface area contributed by atoms with Gasteiger partial charge in [-0.1, -0.05) is 69.2 Å². The number of primary amides is 1. The minimum absolute atomic E-state index is 0.184. The van der Waals surface area contributed by atoms with Gasteiger partial charge in [-0.3, -0.25) is 4.79 Å². The van der Waals surface area contributed by atoms with Crippen LogP contribution in [0.15, 0.2) is 60.7 Å². The fourth-order valence-electron chi connectivity index (χ4n) is 5.13. The number of amides is 1. The lowest BCUT2D eigenvalue weighted by molar-refractivity contribution is -0.116. The molecule has 204 valence electrons. The number of nitrogens with zero attached hydrogens (tertiary/aromatic N) is 3. The maximum Gasteiger partial charge on any atom is 0.336 e. The van der Waals surface area contributed by atoms with Gasteiger partial charge in [0.1, 0.15) is 5.82 Å². The smallest absolute Gasteiger partial charge is 0.336 e. The number of nitrogens with two attached hydrogens (primary N) is 1. The number of benzene rings is 3. The van der Waals surface area contributed by atoms with E-state index in [-0.39, 0.29) is 12.5 Å². The number of anilines is 1. The van der Waals surface area contributed by atoms with E-state index in [0.29, 0.717) is 17.7 Å². The summed E-state index contributed by atoms with van der Waals surface area (Å²) in [5, 5.41) is 9.59. The van der Waals surface area contributed by atoms with Crippen LogP contribution >= 0.6 is 0 Å². The van der Waals surface area contributed by atoms with E-state index in [1.165, 1.54) is 0 Å². The predicted octanol–water partition coefficient (Wildman–Crippen LogP) is 6.19. The highest BCUT2D eigenvalue weighted by Gasteiger charge is 2.18. The molecule has 39 heavy (non-hydrogen) atoms. The van der Waals surface area contributed by atoms with Crippen LogP contribution in [0.5, 0.6) is 0 Å². The van der Waals surface area contributed by atoms with Crippen molar-refractivity contribution in [2.45, 2.75) is 59.4 Å². The number of carboxylic acid groups (broad SMARTS) is 1. The summed E-state index contributed by atoms with van der Waals surface area (Å²) in [6.45, 7) is 7.99. The van der Waals surface area contributed by atoms with E-state index in [4.69, 9.17) is 10.7 Å². The first-order valence-electron chi connectivity index (χ1n) is 13.8. The van der Waals surface area contributed by atoms with E-state index in [1.807, 2.05) is 24.3 Å². The average Bonchev–Trinajstić information content (AvgIpc) is 3.26. The van der Waals surface area contributed by atoms with E-state index in [9.17, 15) is 14.7 Å². The highest BCUT2D eigenvalue weighted by atomic mass is 16.4. The Morgan fingerprint density at radius 2 is 1.74 bits per heavy atom. The topological polar surface area (TPSA) is 101 Å². The average molecular weight is 527 g/mol. The van der Waals surface area contributed by atoms with Gasteiger partial charge in [0.15, 0.2) is 0 Å². The lowest BCUT2D eigenvalue weighted by Gasteiger charge is -2.24. The minimum Gasteiger partial charge on any atom is -0.478 e. The largest absolute Gasteiger partial charge is 0.478 e. The molecular weight excluding hydrogens is 488 g/mol. The molecule has 0 saturated carbocycles. The molecule has 3 N–H and O–H groups in total. The lowest BCUT2D eigenvalue weighted by Crippen LogP contribution is -2.34. The molecule has 1 aromatic heterocycles. The molecule has 1 heterocycles. The molecular formula is C32H38N4O3. The first-order valence-corrected chi connectivity index (χ1v) is 13.8. The molecule has 4 aromatic rings. The van der Waals surface area contributed by atoms with Crippen molar-refractivity contribution in [3.8, 4) is 11.1 Å². The summed E-state index contributed by atoms with van der Waals surface area (Å²) in [5.74, 6) is -0.246. The molecule has 0 atom stereocenters. The van der Waals surface area contributed by atoms with Crippen LogP contribution in [-0.2, 0) is 17.8 Å². The molecule has 0 aliphatic heterocycles. The number of carbonyl (C=O) groups excluding carboxylic acids is 1. The van der Waals surface area contributed by atoms with E-state index in [0.717, 1.165) is 77.9 Å². The normalized spacial score (nSPS) is 11.2. The highest BCUT2D eigenvalue weighted by molar-refractivity contribution is 5.96. The molecule has 7 heteroatoms. The van der Waals surface area contributed by atoms with Crippen LogP contribution in [0.1, 0.15) is 66.8 Å². The number of fused-ring (bicyclic) bond motifs is 1. The second-order valence-electron chi connectivity index (χ2n) is 10.1. The van der Waals surface area contributed by atoms with Gasteiger partial charge in [-0.15, -0.1) is 0 Å². The number of aromatic carboxylic acids is 1. The number of hydrogen-bond donors (Lipinski definition) is 2. The van der Waals surface area contributed by atoms with E-state index in [1.54, 1.807) is 12.1 Å². The summed E-state index contributed by atoms with van der Waals surface area (Å²) in [6, 6.07) is 19.4. The maximum atomic E-state index is 11.9. The molecule has 0 saturated heterocycles. The third-order valence-electron chi connectivity index (χ3n) is 7.09.